The normalized spacial score (nSPS) is 15.9. The number of ether oxygens (including phenoxy) is 1. The molecule has 0 N–H and O–H groups in total. The maximum atomic E-state index is 12.9. The van der Waals surface area contributed by atoms with E-state index in [9.17, 15) is 9.59 Å². The summed E-state index contributed by atoms with van der Waals surface area (Å²) in [7, 11) is 1.68. The predicted molar refractivity (Wildman–Crippen MR) is 116 cm³/mol. The summed E-state index contributed by atoms with van der Waals surface area (Å²) in [4.78, 5) is 29.1. The number of fused-ring (bicyclic) bond motifs is 1. The fourth-order valence-electron chi connectivity index (χ4n) is 3.99. The van der Waals surface area contributed by atoms with E-state index >= 15 is 0 Å². The van der Waals surface area contributed by atoms with Crippen LogP contribution in [0.15, 0.2) is 59.5 Å². The monoisotopic (exact) mass is 406 g/mol. The lowest BCUT2D eigenvalue weighted by Crippen LogP contribution is -2.50. The number of rotatable bonds is 5. The van der Waals surface area contributed by atoms with E-state index in [0.29, 0.717) is 24.0 Å². The molecule has 0 bridgehead atoms. The summed E-state index contributed by atoms with van der Waals surface area (Å²) >= 11 is 0. The van der Waals surface area contributed by atoms with Crippen molar-refractivity contribution in [3.63, 3.8) is 0 Å². The van der Waals surface area contributed by atoms with Crippen molar-refractivity contribution in [2.45, 2.75) is 19.5 Å². The van der Waals surface area contributed by atoms with Crippen LogP contribution in [0.3, 0.4) is 0 Å². The zero-order chi connectivity index (χ0) is 21.1. The predicted octanol–water partition coefficient (Wildman–Crippen LogP) is 2.31. The minimum absolute atomic E-state index is 0.0185. The molecule has 156 valence electrons. The van der Waals surface area contributed by atoms with Crippen molar-refractivity contribution in [1.82, 2.24) is 19.6 Å². The van der Waals surface area contributed by atoms with Gasteiger partial charge in [-0.25, -0.2) is 0 Å². The molecule has 0 aliphatic carbocycles. The van der Waals surface area contributed by atoms with Crippen molar-refractivity contribution in [2.24, 2.45) is 0 Å². The number of amides is 1. The third-order valence-electron chi connectivity index (χ3n) is 5.84. The molecule has 4 rings (SSSR count). The van der Waals surface area contributed by atoms with Crippen LogP contribution in [-0.4, -0.2) is 58.8 Å². The molecule has 1 aliphatic heterocycles. The maximum Gasteiger partial charge on any atom is 0.244 e. The van der Waals surface area contributed by atoms with Crippen LogP contribution in [0.1, 0.15) is 18.5 Å². The number of methoxy groups -OCH3 is 1. The average molecular weight is 406 g/mol. The van der Waals surface area contributed by atoms with Gasteiger partial charge in [-0.05, 0) is 36.8 Å². The third-order valence-corrected chi connectivity index (χ3v) is 5.84. The lowest BCUT2D eigenvalue weighted by atomic mass is 10.1. The Morgan fingerprint density at radius 2 is 1.87 bits per heavy atom. The molecule has 1 fully saturated rings. The quantitative estimate of drug-likeness (QED) is 0.651. The van der Waals surface area contributed by atoms with Gasteiger partial charge in [-0.1, -0.05) is 24.3 Å². The summed E-state index contributed by atoms with van der Waals surface area (Å²) in [6.07, 6.45) is 1.28. The Hall–Kier alpha value is -3.19. The first kappa shape index (κ1) is 20.1. The molecular weight excluding hydrogens is 380 g/mol. The van der Waals surface area contributed by atoms with E-state index < -0.39 is 0 Å². The minimum Gasteiger partial charge on any atom is -0.497 e. The summed E-state index contributed by atoms with van der Waals surface area (Å²) in [5.74, 6) is 0.874. The van der Waals surface area contributed by atoms with E-state index in [1.54, 1.807) is 17.9 Å². The summed E-state index contributed by atoms with van der Waals surface area (Å²) in [5, 5.41) is 4.76. The Bertz CT molecular complexity index is 1100. The highest BCUT2D eigenvalue weighted by atomic mass is 16.5. The van der Waals surface area contributed by atoms with Gasteiger partial charge in [-0.2, -0.15) is 5.10 Å². The highest BCUT2D eigenvalue weighted by molar-refractivity contribution is 5.81. The molecule has 1 aliphatic rings. The zero-order valence-corrected chi connectivity index (χ0v) is 17.3. The van der Waals surface area contributed by atoms with Crippen LogP contribution in [0.4, 0.5) is 0 Å². The molecule has 1 atom stereocenters. The second-order valence-electron chi connectivity index (χ2n) is 7.55. The Balaban J connectivity index is 1.40. The molecule has 0 spiro atoms. The minimum atomic E-state index is -0.130. The zero-order valence-electron chi connectivity index (χ0n) is 17.3. The van der Waals surface area contributed by atoms with Crippen molar-refractivity contribution >= 4 is 16.8 Å². The first-order chi connectivity index (χ1) is 14.6. The van der Waals surface area contributed by atoms with Crippen molar-refractivity contribution in [2.75, 3.05) is 33.3 Å². The number of carbonyl (C=O) groups excluding carboxylic acids is 1. The summed E-state index contributed by atoms with van der Waals surface area (Å²) in [6.45, 7) is 5.27. The van der Waals surface area contributed by atoms with E-state index in [4.69, 9.17) is 4.74 Å². The number of carbonyl (C=O) groups is 1. The van der Waals surface area contributed by atoms with Crippen LogP contribution >= 0.6 is 0 Å². The van der Waals surface area contributed by atoms with Gasteiger partial charge in [0.2, 0.25) is 11.3 Å². The number of benzene rings is 2. The summed E-state index contributed by atoms with van der Waals surface area (Å²) in [5.41, 5.74) is 1.76. The second kappa shape index (κ2) is 8.67. The number of hydrogen-bond donors (Lipinski definition) is 0. The molecule has 0 radical (unpaired) electrons. The summed E-state index contributed by atoms with van der Waals surface area (Å²) < 4.78 is 6.95. The standard InChI is InChI=1S/C23H26N4O3/c1-17(18-6-5-7-19(14-18)30-2)25-10-12-26(13-11-25)23(29)16-27-21-9-4-3-8-20(21)22(28)15-24-27/h3-9,14-15,17H,10-13,16H2,1-2H3. The van der Waals surface area contributed by atoms with E-state index in [1.807, 2.05) is 35.2 Å². The molecular formula is C23H26N4O3. The molecule has 7 heteroatoms. The molecule has 30 heavy (non-hydrogen) atoms. The van der Waals surface area contributed by atoms with Gasteiger partial charge in [0.25, 0.3) is 0 Å². The van der Waals surface area contributed by atoms with Gasteiger partial charge in [-0.3, -0.25) is 19.2 Å². The highest BCUT2D eigenvalue weighted by Crippen LogP contribution is 2.25. The van der Waals surface area contributed by atoms with Gasteiger partial charge in [0.1, 0.15) is 12.3 Å². The first-order valence-electron chi connectivity index (χ1n) is 10.2. The lowest BCUT2D eigenvalue weighted by Gasteiger charge is -2.38. The topological polar surface area (TPSA) is 67.7 Å². The van der Waals surface area contributed by atoms with Gasteiger partial charge < -0.3 is 9.64 Å². The Kier molecular flexibility index (Phi) is 5.81. The molecule has 1 saturated heterocycles. The molecule has 7 nitrogen and oxygen atoms in total. The maximum absolute atomic E-state index is 12.9. The molecule has 1 aromatic heterocycles. The van der Waals surface area contributed by atoms with Crippen LogP contribution in [0.2, 0.25) is 0 Å². The second-order valence-corrected chi connectivity index (χ2v) is 7.55. The van der Waals surface area contributed by atoms with Gasteiger partial charge >= 0.3 is 0 Å². The Morgan fingerprint density at radius 3 is 2.63 bits per heavy atom. The van der Waals surface area contributed by atoms with Gasteiger partial charge in [0, 0.05) is 37.6 Å². The largest absolute Gasteiger partial charge is 0.497 e. The molecule has 0 saturated carbocycles. The van der Waals surface area contributed by atoms with Crippen LogP contribution < -0.4 is 10.2 Å². The number of piperazine rings is 1. The van der Waals surface area contributed by atoms with Crippen LogP contribution in [0.25, 0.3) is 10.9 Å². The first-order valence-corrected chi connectivity index (χ1v) is 10.2. The Morgan fingerprint density at radius 1 is 1.10 bits per heavy atom. The molecule has 1 amide bonds. The van der Waals surface area contributed by atoms with E-state index in [2.05, 4.69) is 29.1 Å². The van der Waals surface area contributed by atoms with E-state index in [-0.39, 0.29) is 23.9 Å². The van der Waals surface area contributed by atoms with Crippen LogP contribution in [0, 0.1) is 0 Å². The SMILES string of the molecule is COc1cccc(C(C)N2CCN(C(=O)Cn3ncc(=O)c4ccccc43)CC2)c1. The molecule has 2 heterocycles. The highest BCUT2D eigenvalue weighted by Gasteiger charge is 2.25. The van der Waals surface area contributed by atoms with E-state index in [0.717, 1.165) is 18.8 Å². The van der Waals surface area contributed by atoms with Crippen molar-refractivity contribution in [3.05, 3.63) is 70.5 Å². The summed E-state index contributed by atoms with van der Waals surface area (Å²) in [6, 6.07) is 15.6. The van der Waals surface area contributed by atoms with Crippen LogP contribution in [-0.2, 0) is 11.3 Å². The van der Waals surface area contributed by atoms with Gasteiger partial charge in [0.05, 0.1) is 18.8 Å². The number of aromatic nitrogens is 2. The fraction of sp³-hybridized carbons (Fsp3) is 0.348. The molecule has 1 unspecified atom stereocenters. The lowest BCUT2D eigenvalue weighted by molar-refractivity contribution is -0.134. The molecule has 3 aromatic rings. The number of hydrogen-bond acceptors (Lipinski definition) is 5. The molecule has 2 aromatic carbocycles. The van der Waals surface area contributed by atoms with E-state index in [1.165, 1.54) is 11.8 Å². The van der Waals surface area contributed by atoms with Crippen molar-refractivity contribution in [3.8, 4) is 5.75 Å². The average Bonchev–Trinajstić information content (AvgIpc) is 2.80. The number of para-hydroxylation sites is 1. The van der Waals surface area contributed by atoms with Gasteiger partial charge in [-0.15, -0.1) is 0 Å². The fourth-order valence-corrected chi connectivity index (χ4v) is 3.99. The smallest absolute Gasteiger partial charge is 0.244 e. The third kappa shape index (κ3) is 4.07. The number of nitrogens with zero attached hydrogens (tertiary/aromatic N) is 4. The van der Waals surface area contributed by atoms with Crippen LogP contribution in [0.5, 0.6) is 5.75 Å². The van der Waals surface area contributed by atoms with Crippen molar-refractivity contribution in [1.29, 1.82) is 0 Å². The Labute approximate surface area is 175 Å². The van der Waals surface area contributed by atoms with Gasteiger partial charge in [0.15, 0.2) is 0 Å². The van der Waals surface area contributed by atoms with Crippen molar-refractivity contribution < 1.29 is 9.53 Å².